The molecule has 2 heterocycles. The Labute approximate surface area is 108 Å². The Hall–Kier alpha value is -1.53. The van der Waals surface area contributed by atoms with E-state index in [0.717, 1.165) is 0 Å². The molecule has 18 heavy (non-hydrogen) atoms. The highest BCUT2D eigenvalue weighted by Crippen LogP contribution is 2.22. The van der Waals surface area contributed by atoms with Gasteiger partial charge in [-0.05, 0) is 6.07 Å². The fourth-order valence-corrected chi connectivity index (χ4v) is 2.41. The number of carbonyl (C=O) groups is 2. The van der Waals surface area contributed by atoms with E-state index in [4.69, 9.17) is 16.7 Å². The maximum Gasteiger partial charge on any atom is 0.326 e. The number of β-amino-alcohol motifs (C(OH)–C–C–N with tert-alkyl or cyclic N) is 1. The lowest BCUT2D eigenvalue weighted by atomic mass is 10.2. The lowest BCUT2D eigenvalue weighted by Crippen LogP contribution is -2.41. The zero-order valence-electron chi connectivity index (χ0n) is 9.71. The number of carboxylic acids is 1. The highest BCUT2D eigenvalue weighted by molar-refractivity contribution is 6.31. The van der Waals surface area contributed by atoms with E-state index in [9.17, 15) is 14.7 Å². The number of halogens is 1. The predicted octanol–water partition coefficient (Wildman–Crippen LogP) is 0.339. The Kier molecular flexibility index (Phi) is 3.32. The molecule has 0 spiro atoms. The Morgan fingerprint density at radius 2 is 2.17 bits per heavy atom. The number of aliphatic carboxylic acids is 1. The van der Waals surface area contributed by atoms with Crippen LogP contribution in [0.3, 0.4) is 0 Å². The van der Waals surface area contributed by atoms with Gasteiger partial charge in [-0.15, -0.1) is 0 Å². The highest BCUT2D eigenvalue weighted by Gasteiger charge is 2.39. The van der Waals surface area contributed by atoms with Gasteiger partial charge in [-0.1, -0.05) is 11.6 Å². The van der Waals surface area contributed by atoms with Crippen molar-refractivity contribution in [1.82, 2.24) is 9.47 Å². The third-order valence-electron chi connectivity index (χ3n) is 3.02. The Morgan fingerprint density at radius 3 is 2.67 bits per heavy atom. The first-order valence-corrected chi connectivity index (χ1v) is 5.81. The first-order valence-electron chi connectivity index (χ1n) is 5.44. The number of carboxylic acid groups (broad SMARTS) is 1. The summed E-state index contributed by atoms with van der Waals surface area (Å²) in [4.78, 5) is 24.4. The molecule has 1 aliphatic heterocycles. The van der Waals surface area contributed by atoms with Crippen LogP contribution in [0.4, 0.5) is 0 Å². The number of aromatic nitrogens is 1. The maximum atomic E-state index is 12.2. The average molecular weight is 273 g/mol. The lowest BCUT2D eigenvalue weighted by Gasteiger charge is -2.21. The molecule has 1 amide bonds. The average Bonchev–Trinajstić information content (AvgIpc) is 2.81. The van der Waals surface area contributed by atoms with Crippen molar-refractivity contribution >= 4 is 23.5 Å². The van der Waals surface area contributed by atoms with Crippen LogP contribution < -0.4 is 0 Å². The molecule has 7 heteroatoms. The van der Waals surface area contributed by atoms with Crippen molar-refractivity contribution in [3.8, 4) is 0 Å². The van der Waals surface area contributed by atoms with Gasteiger partial charge in [0.2, 0.25) is 0 Å². The SMILES string of the molecule is Cn1cc(Cl)cc1C(=O)N1CC(O)C[C@H]1C(=O)O. The van der Waals surface area contributed by atoms with E-state index in [-0.39, 0.29) is 13.0 Å². The van der Waals surface area contributed by atoms with Crippen molar-refractivity contribution in [2.45, 2.75) is 18.6 Å². The fraction of sp³-hybridized carbons (Fsp3) is 0.455. The molecule has 0 aromatic carbocycles. The number of aryl methyl sites for hydroxylation is 1. The maximum absolute atomic E-state index is 12.2. The van der Waals surface area contributed by atoms with Crippen LogP contribution in [-0.2, 0) is 11.8 Å². The molecule has 0 aliphatic carbocycles. The fourth-order valence-electron chi connectivity index (χ4n) is 2.16. The number of rotatable bonds is 2. The summed E-state index contributed by atoms with van der Waals surface area (Å²) in [5, 5.41) is 18.9. The number of carbonyl (C=O) groups excluding carboxylic acids is 1. The number of hydrogen-bond donors (Lipinski definition) is 2. The minimum Gasteiger partial charge on any atom is -0.480 e. The van der Waals surface area contributed by atoms with Crippen LogP contribution in [0.5, 0.6) is 0 Å². The first-order chi connectivity index (χ1) is 8.40. The van der Waals surface area contributed by atoms with Gasteiger partial charge in [0.25, 0.3) is 5.91 Å². The van der Waals surface area contributed by atoms with Crippen LogP contribution in [0.15, 0.2) is 12.3 Å². The van der Waals surface area contributed by atoms with Crippen molar-refractivity contribution in [3.05, 3.63) is 23.0 Å². The molecule has 6 nitrogen and oxygen atoms in total. The van der Waals surface area contributed by atoms with Crippen molar-refractivity contribution in [1.29, 1.82) is 0 Å². The molecular formula is C11H13ClN2O4. The Balaban J connectivity index is 2.28. The van der Waals surface area contributed by atoms with Crippen molar-refractivity contribution < 1.29 is 19.8 Å². The van der Waals surface area contributed by atoms with Gasteiger partial charge >= 0.3 is 5.97 Å². The third-order valence-corrected chi connectivity index (χ3v) is 3.22. The van der Waals surface area contributed by atoms with E-state index in [1.807, 2.05) is 0 Å². The molecule has 0 bridgehead atoms. The highest BCUT2D eigenvalue weighted by atomic mass is 35.5. The van der Waals surface area contributed by atoms with Gasteiger partial charge in [0.1, 0.15) is 11.7 Å². The molecule has 1 fully saturated rings. The Morgan fingerprint density at radius 1 is 1.50 bits per heavy atom. The molecule has 1 aromatic heterocycles. The monoisotopic (exact) mass is 272 g/mol. The molecule has 2 rings (SSSR count). The molecule has 98 valence electrons. The van der Waals surface area contributed by atoms with Crippen LogP contribution in [0.1, 0.15) is 16.9 Å². The summed E-state index contributed by atoms with van der Waals surface area (Å²) in [5.74, 6) is -1.55. The van der Waals surface area contributed by atoms with Crippen LogP contribution in [0.25, 0.3) is 0 Å². The second kappa shape index (κ2) is 4.62. The lowest BCUT2D eigenvalue weighted by molar-refractivity contribution is -0.141. The molecule has 1 aromatic rings. The molecule has 1 aliphatic rings. The van der Waals surface area contributed by atoms with Crippen molar-refractivity contribution in [2.75, 3.05) is 6.54 Å². The number of likely N-dealkylation sites (tertiary alicyclic amines) is 1. The number of aliphatic hydroxyl groups is 1. The number of nitrogens with zero attached hydrogens (tertiary/aromatic N) is 2. The van der Waals surface area contributed by atoms with E-state index >= 15 is 0 Å². The third kappa shape index (κ3) is 2.21. The molecular weight excluding hydrogens is 260 g/mol. The standard InChI is InChI=1S/C11H13ClN2O4/c1-13-4-6(12)2-8(13)10(16)14-5-7(15)3-9(14)11(17)18/h2,4,7,9,15H,3,5H2,1H3,(H,17,18)/t7?,9-/m0/s1. The number of hydrogen-bond acceptors (Lipinski definition) is 3. The van der Waals surface area contributed by atoms with Gasteiger partial charge in [-0.2, -0.15) is 0 Å². The molecule has 1 unspecified atom stereocenters. The summed E-state index contributed by atoms with van der Waals surface area (Å²) in [5.41, 5.74) is 0.306. The minimum atomic E-state index is -1.11. The summed E-state index contributed by atoms with van der Waals surface area (Å²) >= 11 is 5.79. The van der Waals surface area contributed by atoms with E-state index in [0.29, 0.717) is 10.7 Å². The molecule has 2 atom stereocenters. The summed E-state index contributed by atoms with van der Waals surface area (Å²) in [6.07, 6.45) is 0.821. The zero-order valence-corrected chi connectivity index (χ0v) is 10.5. The first kappa shape index (κ1) is 12.9. The molecule has 0 radical (unpaired) electrons. The summed E-state index contributed by atoms with van der Waals surface area (Å²) in [6.45, 7) is 0.0264. The Bertz CT molecular complexity index is 499. The molecule has 2 N–H and O–H groups in total. The second-order valence-electron chi connectivity index (χ2n) is 4.36. The normalized spacial score (nSPS) is 23.4. The predicted molar refractivity (Wildman–Crippen MR) is 63.5 cm³/mol. The molecule has 0 saturated carbocycles. The van der Waals surface area contributed by atoms with Crippen LogP contribution in [0, 0.1) is 0 Å². The van der Waals surface area contributed by atoms with Crippen LogP contribution in [0.2, 0.25) is 5.02 Å². The van der Waals surface area contributed by atoms with Crippen molar-refractivity contribution in [2.24, 2.45) is 7.05 Å². The van der Waals surface area contributed by atoms with Gasteiger partial charge in [0.15, 0.2) is 0 Å². The van der Waals surface area contributed by atoms with E-state index in [1.165, 1.54) is 15.5 Å². The van der Waals surface area contributed by atoms with E-state index in [1.54, 1.807) is 13.2 Å². The largest absolute Gasteiger partial charge is 0.480 e. The van der Waals surface area contributed by atoms with Gasteiger partial charge in [0.05, 0.1) is 11.1 Å². The number of aliphatic hydroxyl groups excluding tert-OH is 1. The van der Waals surface area contributed by atoms with Gasteiger partial charge < -0.3 is 19.7 Å². The number of amides is 1. The van der Waals surface area contributed by atoms with E-state index in [2.05, 4.69) is 0 Å². The topological polar surface area (TPSA) is 82.8 Å². The second-order valence-corrected chi connectivity index (χ2v) is 4.79. The smallest absolute Gasteiger partial charge is 0.326 e. The van der Waals surface area contributed by atoms with Gasteiger partial charge in [-0.25, -0.2) is 4.79 Å². The van der Waals surface area contributed by atoms with E-state index < -0.39 is 24.0 Å². The van der Waals surface area contributed by atoms with Gasteiger partial charge in [0, 0.05) is 26.2 Å². The quantitative estimate of drug-likeness (QED) is 0.813. The minimum absolute atomic E-state index is 0.0264. The van der Waals surface area contributed by atoms with Crippen LogP contribution in [-0.4, -0.2) is 50.2 Å². The zero-order chi connectivity index (χ0) is 13.4. The summed E-state index contributed by atoms with van der Waals surface area (Å²) in [7, 11) is 1.65. The van der Waals surface area contributed by atoms with Gasteiger partial charge in [-0.3, -0.25) is 4.79 Å². The molecule has 1 saturated heterocycles. The van der Waals surface area contributed by atoms with Crippen LogP contribution >= 0.6 is 11.6 Å². The summed E-state index contributed by atoms with van der Waals surface area (Å²) < 4.78 is 1.54. The van der Waals surface area contributed by atoms with Crippen molar-refractivity contribution in [3.63, 3.8) is 0 Å². The summed E-state index contributed by atoms with van der Waals surface area (Å²) in [6, 6.07) is 0.495.